The van der Waals surface area contributed by atoms with Gasteiger partial charge in [0.25, 0.3) is 0 Å². The van der Waals surface area contributed by atoms with Crippen molar-refractivity contribution >= 4 is 11.7 Å². The predicted molar refractivity (Wildman–Crippen MR) is 105 cm³/mol. The van der Waals surface area contributed by atoms with Crippen molar-refractivity contribution in [2.24, 2.45) is 5.41 Å². The summed E-state index contributed by atoms with van der Waals surface area (Å²) in [6.45, 7) is 4.32. The zero-order chi connectivity index (χ0) is 19.9. The number of nitrogens with one attached hydrogen (secondary N) is 1. The molecule has 1 unspecified atom stereocenters. The zero-order valence-electron chi connectivity index (χ0n) is 16.5. The first-order valence-corrected chi connectivity index (χ1v) is 9.65. The number of fused-ring (bicyclic) bond motifs is 1. The SMILES string of the molecule is COc1cccc(C2C3=C(CC(C)(C)CC3=O)Nc3nc(CCCO)nn32)c1. The Morgan fingerprint density at radius 3 is 2.93 bits per heavy atom. The number of aromatic nitrogens is 3. The molecular weight excluding hydrogens is 356 g/mol. The molecule has 0 amide bonds. The van der Waals surface area contributed by atoms with Crippen molar-refractivity contribution < 1.29 is 14.6 Å². The first-order chi connectivity index (χ1) is 13.4. The highest BCUT2D eigenvalue weighted by atomic mass is 16.5. The molecule has 1 aliphatic heterocycles. The van der Waals surface area contributed by atoms with Crippen LogP contribution < -0.4 is 10.1 Å². The van der Waals surface area contributed by atoms with Crippen molar-refractivity contribution in [1.82, 2.24) is 14.8 Å². The van der Waals surface area contributed by atoms with Gasteiger partial charge in [0.05, 0.1) is 7.11 Å². The molecule has 1 aromatic heterocycles. The highest BCUT2D eigenvalue weighted by Gasteiger charge is 2.41. The molecule has 0 fully saturated rings. The summed E-state index contributed by atoms with van der Waals surface area (Å²) < 4.78 is 7.20. The van der Waals surface area contributed by atoms with Gasteiger partial charge in [-0.05, 0) is 36.0 Å². The number of hydrogen-bond acceptors (Lipinski definition) is 6. The van der Waals surface area contributed by atoms with Gasteiger partial charge in [-0.2, -0.15) is 10.1 Å². The van der Waals surface area contributed by atoms with Gasteiger partial charge in [0, 0.05) is 30.7 Å². The van der Waals surface area contributed by atoms with Crippen LogP contribution in [0.15, 0.2) is 35.5 Å². The van der Waals surface area contributed by atoms with E-state index in [1.165, 1.54) is 0 Å². The molecule has 1 aromatic carbocycles. The third-order valence-electron chi connectivity index (χ3n) is 5.34. The minimum absolute atomic E-state index is 0.0935. The summed E-state index contributed by atoms with van der Waals surface area (Å²) in [6, 6.07) is 7.43. The Hall–Kier alpha value is -2.67. The summed E-state index contributed by atoms with van der Waals surface area (Å²) in [5, 5.41) is 17.2. The molecule has 1 atom stereocenters. The van der Waals surface area contributed by atoms with Crippen LogP contribution in [-0.4, -0.2) is 39.4 Å². The number of Topliss-reactive ketones (excluding diaryl/α,β-unsaturated/α-hetero) is 1. The van der Waals surface area contributed by atoms with Gasteiger partial charge in [-0.1, -0.05) is 26.0 Å². The number of carbonyl (C=O) groups is 1. The topological polar surface area (TPSA) is 89.3 Å². The van der Waals surface area contributed by atoms with E-state index in [0.29, 0.717) is 31.0 Å². The number of benzene rings is 1. The van der Waals surface area contributed by atoms with Crippen LogP contribution in [0.1, 0.15) is 50.5 Å². The number of allylic oxidation sites excluding steroid dienone is 2. The predicted octanol–water partition coefficient (Wildman–Crippen LogP) is 2.87. The molecule has 2 aliphatic rings. The van der Waals surface area contributed by atoms with E-state index >= 15 is 0 Å². The lowest BCUT2D eigenvalue weighted by Crippen LogP contribution is -2.36. The molecule has 0 saturated heterocycles. The Morgan fingerprint density at radius 1 is 1.36 bits per heavy atom. The molecule has 148 valence electrons. The van der Waals surface area contributed by atoms with Crippen LogP contribution in [0.2, 0.25) is 0 Å². The summed E-state index contributed by atoms with van der Waals surface area (Å²) in [5.74, 6) is 2.19. The van der Waals surface area contributed by atoms with Crippen molar-refractivity contribution in [2.75, 3.05) is 19.0 Å². The summed E-state index contributed by atoms with van der Waals surface area (Å²) in [4.78, 5) is 17.8. The molecule has 2 heterocycles. The van der Waals surface area contributed by atoms with Crippen LogP contribution in [0.25, 0.3) is 0 Å². The Morgan fingerprint density at radius 2 is 2.18 bits per heavy atom. The number of methoxy groups -OCH3 is 1. The zero-order valence-corrected chi connectivity index (χ0v) is 16.5. The van der Waals surface area contributed by atoms with Crippen LogP contribution in [0, 0.1) is 5.41 Å². The van der Waals surface area contributed by atoms with Crippen LogP contribution in [0.5, 0.6) is 5.75 Å². The van der Waals surface area contributed by atoms with E-state index in [-0.39, 0.29) is 23.8 Å². The Bertz CT molecular complexity index is 945. The van der Waals surface area contributed by atoms with Crippen molar-refractivity contribution in [3.63, 3.8) is 0 Å². The molecule has 0 spiro atoms. The van der Waals surface area contributed by atoms with Gasteiger partial charge in [0.15, 0.2) is 11.6 Å². The second-order valence-corrected chi connectivity index (χ2v) is 8.26. The minimum atomic E-state index is -0.333. The lowest BCUT2D eigenvalue weighted by molar-refractivity contribution is -0.118. The number of hydrogen-bond donors (Lipinski definition) is 2. The van der Waals surface area contributed by atoms with Gasteiger partial charge >= 0.3 is 0 Å². The van der Waals surface area contributed by atoms with Crippen LogP contribution >= 0.6 is 0 Å². The molecule has 28 heavy (non-hydrogen) atoms. The lowest BCUT2D eigenvalue weighted by Gasteiger charge is -2.38. The van der Waals surface area contributed by atoms with E-state index in [4.69, 9.17) is 9.84 Å². The van der Waals surface area contributed by atoms with Crippen molar-refractivity contribution in [2.45, 2.75) is 45.6 Å². The normalized spacial score (nSPS) is 20.4. The van der Waals surface area contributed by atoms with Gasteiger partial charge < -0.3 is 15.2 Å². The first-order valence-electron chi connectivity index (χ1n) is 9.65. The summed E-state index contributed by atoms with van der Waals surface area (Å²) >= 11 is 0. The number of ether oxygens (including phenoxy) is 1. The molecule has 0 radical (unpaired) electrons. The average Bonchev–Trinajstić information content (AvgIpc) is 3.06. The maximum absolute atomic E-state index is 13.1. The quantitative estimate of drug-likeness (QED) is 0.827. The summed E-state index contributed by atoms with van der Waals surface area (Å²) in [7, 11) is 1.63. The molecule has 0 bridgehead atoms. The second kappa shape index (κ2) is 7.05. The van der Waals surface area contributed by atoms with Gasteiger partial charge in [0.1, 0.15) is 11.8 Å². The molecule has 7 nitrogen and oxygen atoms in total. The fourth-order valence-corrected chi connectivity index (χ4v) is 4.12. The smallest absolute Gasteiger partial charge is 0.226 e. The lowest BCUT2D eigenvalue weighted by atomic mass is 9.73. The maximum atomic E-state index is 13.1. The van der Waals surface area contributed by atoms with Crippen molar-refractivity contribution in [3.8, 4) is 5.75 Å². The monoisotopic (exact) mass is 382 g/mol. The largest absolute Gasteiger partial charge is 0.497 e. The summed E-state index contributed by atoms with van der Waals surface area (Å²) in [5.41, 5.74) is 2.55. The molecule has 4 rings (SSSR count). The van der Waals surface area contributed by atoms with Gasteiger partial charge in [0.2, 0.25) is 5.95 Å². The number of carbonyl (C=O) groups excluding carboxylic acids is 1. The van der Waals surface area contributed by atoms with Crippen molar-refractivity contribution in [3.05, 3.63) is 46.9 Å². The van der Waals surface area contributed by atoms with E-state index < -0.39 is 0 Å². The number of nitrogens with zero attached hydrogens (tertiary/aromatic N) is 3. The average molecular weight is 382 g/mol. The molecule has 2 aromatic rings. The number of aliphatic hydroxyl groups excluding tert-OH is 1. The maximum Gasteiger partial charge on any atom is 0.226 e. The number of aliphatic hydroxyl groups is 1. The Balaban J connectivity index is 1.84. The standard InChI is InChI=1S/C21H26N4O3/c1-21(2)11-15-18(16(27)12-21)19(13-6-4-7-14(10-13)28-3)25-20(22-15)23-17(24-25)8-5-9-26/h4,6-7,10,19,26H,5,8-9,11-12H2,1-3H3,(H,22,23,24). The van der Waals surface area contributed by atoms with Crippen LogP contribution in [0.3, 0.4) is 0 Å². The van der Waals surface area contributed by atoms with Crippen molar-refractivity contribution in [1.29, 1.82) is 0 Å². The molecule has 1 aliphatic carbocycles. The van der Waals surface area contributed by atoms with Gasteiger partial charge in [-0.3, -0.25) is 4.79 Å². The number of anilines is 1. The molecular formula is C21H26N4O3. The Kier molecular flexibility index (Phi) is 4.71. The summed E-state index contributed by atoms with van der Waals surface area (Å²) in [6.07, 6.45) is 2.49. The van der Waals surface area contributed by atoms with E-state index in [9.17, 15) is 4.79 Å². The van der Waals surface area contributed by atoms with E-state index in [1.807, 2.05) is 24.3 Å². The molecule has 2 N–H and O–H groups in total. The number of rotatable bonds is 5. The van der Waals surface area contributed by atoms with Crippen LogP contribution in [0.4, 0.5) is 5.95 Å². The number of aryl methyl sites for hydroxylation is 1. The number of ketones is 1. The molecule has 7 heteroatoms. The highest BCUT2D eigenvalue weighted by Crippen LogP contribution is 2.45. The third kappa shape index (κ3) is 3.30. The van der Waals surface area contributed by atoms with Crippen LogP contribution in [-0.2, 0) is 11.2 Å². The van der Waals surface area contributed by atoms with Gasteiger partial charge in [-0.15, -0.1) is 0 Å². The fraction of sp³-hybridized carbons (Fsp3) is 0.476. The molecule has 0 saturated carbocycles. The fourth-order valence-electron chi connectivity index (χ4n) is 4.12. The second-order valence-electron chi connectivity index (χ2n) is 8.26. The van der Waals surface area contributed by atoms with E-state index in [1.54, 1.807) is 11.8 Å². The van der Waals surface area contributed by atoms with E-state index in [2.05, 4.69) is 29.2 Å². The third-order valence-corrected chi connectivity index (χ3v) is 5.34. The highest BCUT2D eigenvalue weighted by molar-refractivity contribution is 6.00. The Labute approximate surface area is 164 Å². The van der Waals surface area contributed by atoms with E-state index in [0.717, 1.165) is 29.0 Å². The van der Waals surface area contributed by atoms with Gasteiger partial charge in [-0.25, -0.2) is 4.68 Å². The first kappa shape index (κ1) is 18.7. The minimum Gasteiger partial charge on any atom is -0.497 e.